The second-order valence-electron chi connectivity index (χ2n) is 4.84. The maximum absolute atomic E-state index is 5.91. The molecule has 4 N–H and O–H groups in total. The molecule has 1 heterocycles. The van der Waals surface area contributed by atoms with Crippen molar-refractivity contribution in [1.29, 1.82) is 0 Å². The molecule has 0 saturated heterocycles. The zero-order valence-electron chi connectivity index (χ0n) is 9.69. The van der Waals surface area contributed by atoms with Gasteiger partial charge in [0.2, 0.25) is 0 Å². The van der Waals surface area contributed by atoms with Crippen LogP contribution in [0.3, 0.4) is 0 Å². The van der Waals surface area contributed by atoms with Crippen LogP contribution in [0.25, 0.3) is 11.0 Å². The van der Waals surface area contributed by atoms with Gasteiger partial charge >= 0.3 is 0 Å². The Morgan fingerprint density at radius 3 is 2.71 bits per heavy atom. The van der Waals surface area contributed by atoms with Crippen LogP contribution >= 0.6 is 0 Å². The first-order chi connectivity index (χ1) is 8.23. The van der Waals surface area contributed by atoms with E-state index in [4.69, 9.17) is 11.5 Å². The summed E-state index contributed by atoms with van der Waals surface area (Å²) in [6, 6.07) is 6.21. The lowest BCUT2D eigenvalue weighted by molar-refractivity contribution is 0.253. The minimum atomic E-state index is 0.178. The van der Waals surface area contributed by atoms with Gasteiger partial charge in [-0.1, -0.05) is 12.5 Å². The maximum atomic E-state index is 5.91. The van der Waals surface area contributed by atoms with Crippen LogP contribution in [0.2, 0.25) is 0 Å². The summed E-state index contributed by atoms with van der Waals surface area (Å²) >= 11 is 0. The van der Waals surface area contributed by atoms with Crippen molar-refractivity contribution in [2.45, 2.75) is 24.7 Å². The Hall–Kier alpha value is -1.68. The molecule has 4 heteroatoms. The third-order valence-electron chi connectivity index (χ3n) is 3.87. The Bertz CT molecular complexity index is 555. The molecule has 1 aliphatic carbocycles. The van der Waals surface area contributed by atoms with Crippen LogP contribution in [-0.2, 0) is 5.41 Å². The van der Waals surface area contributed by atoms with Gasteiger partial charge in [-0.15, -0.1) is 0 Å². The van der Waals surface area contributed by atoms with E-state index in [9.17, 15) is 0 Å². The van der Waals surface area contributed by atoms with Crippen LogP contribution in [0, 0.1) is 0 Å². The average Bonchev–Trinajstić information content (AvgIpc) is 2.28. The van der Waals surface area contributed by atoms with E-state index in [0.717, 1.165) is 11.0 Å². The van der Waals surface area contributed by atoms with Gasteiger partial charge in [0.05, 0.1) is 17.2 Å². The highest BCUT2D eigenvalue weighted by Gasteiger charge is 2.37. The Labute approximate surface area is 100 Å². The molecule has 1 saturated carbocycles. The van der Waals surface area contributed by atoms with E-state index in [1.54, 1.807) is 6.20 Å². The molecule has 88 valence electrons. The van der Waals surface area contributed by atoms with Gasteiger partial charge < -0.3 is 11.5 Å². The number of hydrogen-bond acceptors (Lipinski definition) is 4. The Kier molecular flexibility index (Phi) is 2.26. The minimum Gasteiger partial charge on any atom is -0.382 e. The molecule has 0 atom stereocenters. The number of rotatable bonds is 2. The first-order valence-electron chi connectivity index (χ1n) is 5.96. The molecule has 4 nitrogen and oxygen atoms in total. The summed E-state index contributed by atoms with van der Waals surface area (Å²) < 4.78 is 0. The molecule has 1 aromatic carbocycles. The number of nitrogens with zero attached hydrogens (tertiary/aromatic N) is 2. The number of fused-ring (bicyclic) bond motifs is 1. The normalized spacial score (nSPS) is 17.9. The number of hydrogen-bond donors (Lipinski definition) is 2. The van der Waals surface area contributed by atoms with Crippen LogP contribution in [-0.4, -0.2) is 16.5 Å². The SMILES string of the molecule is NCC1(c2ccc3nc(N)cnc3c2)CCC1. The molecule has 0 bridgehead atoms. The molecule has 0 amide bonds. The van der Waals surface area contributed by atoms with Crippen LogP contribution < -0.4 is 11.5 Å². The second kappa shape index (κ2) is 3.67. The summed E-state index contributed by atoms with van der Waals surface area (Å²) in [4.78, 5) is 8.57. The lowest BCUT2D eigenvalue weighted by Gasteiger charge is -2.41. The van der Waals surface area contributed by atoms with E-state index in [0.29, 0.717) is 12.4 Å². The van der Waals surface area contributed by atoms with E-state index in [1.807, 2.05) is 6.07 Å². The van der Waals surface area contributed by atoms with E-state index >= 15 is 0 Å². The van der Waals surface area contributed by atoms with Gasteiger partial charge in [0.15, 0.2) is 0 Å². The largest absolute Gasteiger partial charge is 0.382 e. The van der Waals surface area contributed by atoms with Gasteiger partial charge in [-0.3, -0.25) is 4.98 Å². The Morgan fingerprint density at radius 2 is 2.06 bits per heavy atom. The van der Waals surface area contributed by atoms with Crippen LogP contribution in [0.4, 0.5) is 5.82 Å². The summed E-state index contributed by atoms with van der Waals surface area (Å²) in [7, 11) is 0. The summed E-state index contributed by atoms with van der Waals surface area (Å²) in [6.07, 6.45) is 5.22. The molecule has 0 unspecified atom stereocenters. The fraction of sp³-hybridized carbons (Fsp3) is 0.385. The molecule has 17 heavy (non-hydrogen) atoms. The van der Waals surface area contributed by atoms with E-state index < -0.39 is 0 Å². The van der Waals surface area contributed by atoms with Crippen molar-refractivity contribution in [3.05, 3.63) is 30.0 Å². The van der Waals surface area contributed by atoms with E-state index in [1.165, 1.54) is 24.8 Å². The first kappa shape index (κ1) is 10.5. The van der Waals surface area contributed by atoms with Gasteiger partial charge in [0.25, 0.3) is 0 Å². The summed E-state index contributed by atoms with van der Waals surface area (Å²) in [5, 5.41) is 0. The summed E-state index contributed by atoms with van der Waals surface area (Å²) in [5.41, 5.74) is 14.7. The second-order valence-corrected chi connectivity index (χ2v) is 4.84. The summed E-state index contributed by atoms with van der Waals surface area (Å²) in [5.74, 6) is 0.461. The van der Waals surface area contributed by atoms with E-state index in [-0.39, 0.29) is 5.41 Å². The lowest BCUT2D eigenvalue weighted by Crippen LogP contribution is -2.41. The predicted octanol–water partition coefficient (Wildman–Crippen LogP) is 1.59. The van der Waals surface area contributed by atoms with Crippen LogP contribution in [0.5, 0.6) is 0 Å². The van der Waals surface area contributed by atoms with Gasteiger partial charge in [-0.2, -0.15) is 0 Å². The highest BCUT2D eigenvalue weighted by atomic mass is 14.9. The minimum absolute atomic E-state index is 0.178. The molecule has 1 aliphatic rings. The van der Waals surface area contributed by atoms with Gasteiger partial charge in [0.1, 0.15) is 5.82 Å². The lowest BCUT2D eigenvalue weighted by atomic mass is 9.64. The quantitative estimate of drug-likeness (QED) is 0.818. The van der Waals surface area contributed by atoms with Gasteiger partial charge in [-0.05, 0) is 30.5 Å². The molecular weight excluding hydrogens is 212 g/mol. The third kappa shape index (κ3) is 1.56. The van der Waals surface area contributed by atoms with Crippen molar-refractivity contribution in [1.82, 2.24) is 9.97 Å². The molecule has 0 radical (unpaired) electrons. The average molecular weight is 228 g/mol. The molecular formula is C13H16N4. The van der Waals surface area contributed by atoms with E-state index in [2.05, 4.69) is 22.1 Å². The number of benzene rings is 1. The molecule has 0 aliphatic heterocycles. The van der Waals surface area contributed by atoms with Crippen molar-refractivity contribution in [2.75, 3.05) is 12.3 Å². The standard InChI is InChI=1S/C13H16N4/c14-8-13(4-1-5-13)9-2-3-10-11(6-9)16-7-12(15)17-10/h2-3,6-7H,1,4-5,8,14H2,(H2,15,17). The number of nitrogens with two attached hydrogens (primary N) is 2. The smallest absolute Gasteiger partial charge is 0.142 e. The topological polar surface area (TPSA) is 77.8 Å². The molecule has 0 spiro atoms. The van der Waals surface area contributed by atoms with Crippen molar-refractivity contribution in [3.8, 4) is 0 Å². The Morgan fingerprint density at radius 1 is 1.24 bits per heavy atom. The highest BCUT2D eigenvalue weighted by molar-refractivity contribution is 5.76. The van der Waals surface area contributed by atoms with Gasteiger partial charge in [-0.25, -0.2) is 4.98 Å². The van der Waals surface area contributed by atoms with Crippen molar-refractivity contribution < 1.29 is 0 Å². The fourth-order valence-electron chi connectivity index (χ4n) is 2.57. The Balaban J connectivity index is 2.10. The third-order valence-corrected chi connectivity index (χ3v) is 3.87. The monoisotopic (exact) mass is 228 g/mol. The molecule has 2 aromatic rings. The predicted molar refractivity (Wildman–Crippen MR) is 68.5 cm³/mol. The number of aromatic nitrogens is 2. The maximum Gasteiger partial charge on any atom is 0.142 e. The zero-order valence-corrected chi connectivity index (χ0v) is 9.69. The molecule has 3 rings (SSSR count). The van der Waals surface area contributed by atoms with Crippen LogP contribution in [0.15, 0.2) is 24.4 Å². The highest BCUT2D eigenvalue weighted by Crippen LogP contribution is 2.43. The summed E-state index contributed by atoms with van der Waals surface area (Å²) in [6.45, 7) is 0.709. The first-order valence-corrected chi connectivity index (χ1v) is 5.96. The number of nitrogen functional groups attached to an aromatic ring is 1. The van der Waals surface area contributed by atoms with Crippen molar-refractivity contribution in [3.63, 3.8) is 0 Å². The van der Waals surface area contributed by atoms with Crippen molar-refractivity contribution in [2.24, 2.45) is 5.73 Å². The fourth-order valence-corrected chi connectivity index (χ4v) is 2.57. The van der Waals surface area contributed by atoms with Gasteiger partial charge in [0, 0.05) is 12.0 Å². The molecule has 1 fully saturated rings. The zero-order chi connectivity index (χ0) is 11.9. The number of anilines is 1. The van der Waals surface area contributed by atoms with Crippen molar-refractivity contribution >= 4 is 16.9 Å². The van der Waals surface area contributed by atoms with Crippen LogP contribution in [0.1, 0.15) is 24.8 Å². The molecule has 1 aromatic heterocycles.